The number of hydrogen-bond donors (Lipinski definition) is 1. The maximum Gasteiger partial charge on any atom is 0.304 e. The van der Waals surface area contributed by atoms with Gasteiger partial charge in [0.25, 0.3) is 0 Å². The van der Waals surface area contributed by atoms with Crippen LogP contribution in [0.4, 0.5) is 0 Å². The number of rotatable bonds is 2. The average Bonchev–Trinajstić information content (AvgIpc) is 1.35. The van der Waals surface area contributed by atoms with Crippen LogP contribution in [0.25, 0.3) is 0 Å². The summed E-state index contributed by atoms with van der Waals surface area (Å²) < 4.78 is 0. The molecule has 0 aromatic heterocycles. The van der Waals surface area contributed by atoms with Gasteiger partial charge < -0.3 is 5.11 Å². The van der Waals surface area contributed by atoms with E-state index in [1.807, 2.05) is 0 Å². The fourth-order valence-electron chi connectivity index (χ4n) is 0.0808. The zero-order valence-corrected chi connectivity index (χ0v) is 5.13. The van der Waals surface area contributed by atoms with Crippen LogP contribution in [0, 0.1) is 0 Å². The van der Waals surface area contributed by atoms with Crippen molar-refractivity contribution in [2.24, 2.45) is 0 Å². The SMILES string of the molecule is Cl.O=C(O)CCCl. The first-order valence-electron chi connectivity index (χ1n) is 1.55. The summed E-state index contributed by atoms with van der Waals surface area (Å²) in [6.45, 7) is 0. The molecule has 0 heterocycles. The molecule has 44 valence electrons. The molecule has 0 unspecified atom stereocenters. The first kappa shape index (κ1) is 10.1. The first-order chi connectivity index (χ1) is 2.77. The second-order valence-corrected chi connectivity index (χ2v) is 1.21. The number of hydrogen-bond acceptors (Lipinski definition) is 1. The van der Waals surface area contributed by atoms with E-state index in [4.69, 9.17) is 16.7 Å². The lowest BCUT2D eigenvalue weighted by Crippen LogP contribution is -1.93. The first-order valence-corrected chi connectivity index (χ1v) is 2.08. The zero-order chi connectivity index (χ0) is 4.99. The minimum atomic E-state index is -0.843. The van der Waals surface area contributed by atoms with E-state index in [1.54, 1.807) is 0 Å². The Labute approximate surface area is 52.9 Å². The zero-order valence-electron chi connectivity index (χ0n) is 3.56. The van der Waals surface area contributed by atoms with Gasteiger partial charge in [0.15, 0.2) is 0 Å². The summed E-state index contributed by atoms with van der Waals surface area (Å²) in [4.78, 5) is 9.51. The Bertz CT molecular complexity index is 54.9. The molecular weight excluding hydrogens is 139 g/mol. The highest BCUT2D eigenvalue weighted by molar-refractivity contribution is 6.18. The highest BCUT2D eigenvalue weighted by Gasteiger charge is 1.89. The predicted molar refractivity (Wildman–Crippen MR) is 30.2 cm³/mol. The van der Waals surface area contributed by atoms with Crippen LogP contribution in [0.2, 0.25) is 0 Å². The third-order valence-corrected chi connectivity index (χ3v) is 0.497. The maximum absolute atomic E-state index is 9.51. The van der Waals surface area contributed by atoms with Crippen molar-refractivity contribution in [3.8, 4) is 0 Å². The van der Waals surface area contributed by atoms with E-state index in [1.165, 1.54) is 0 Å². The molecule has 0 fully saturated rings. The van der Waals surface area contributed by atoms with Crippen molar-refractivity contribution in [2.45, 2.75) is 6.42 Å². The fraction of sp³-hybridized carbons (Fsp3) is 0.667. The van der Waals surface area contributed by atoms with E-state index in [0.29, 0.717) is 0 Å². The van der Waals surface area contributed by atoms with E-state index >= 15 is 0 Å². The average molecular weight is 145 g/mol. The van der Waals surface area contributed by atoms with Crippen LogP contribution >= 0.6 is 24.0 Å². The lowest BCUT2D eigenvalue weighted by atomic mass is 10.5. The fourth-order valence-corrected chi connectivity index (χ4v) is 0.243. The van der Waals surface area contributed by atoms with Crippen molar-refractivity contribution in [3.63, 3.8) is 0 Å². The van der Waals surface area contributed by atoms with Crippen molar-refractivity contribution >= 4 is 30.0 Å². The molecule has 0 spiro atoms. The molecule has 0 aliphatic carbocycles. The molecule has 0 radical (unpaired) electrons. The number of carboxylic acid groups (broad SMARTS) is 1. The van der Waals surface area contributed by atoms with E-state index in [-0.39, 0.29) is 24.7 Å². The third kappa shape index (κ3) is 10.7. The van der Waals surface area contributed by atoms with Crippen molar-refractivity contribution in [3.05, 3.63) is 0 Å². The van der Waals surface area contributed by atoms with Crippen molar-refractivity contribution in [2.75, 3.05) is 5.88 Å². The smallest absolute Gasteiger partial charge is 0.304 e. The molecule has 7 heavy (non-hydrogen) atoms. The number of carboxylic acids is 1. The van der Waals surface area contributed by atoms with Gasteiger partial charge in [0.05, 0.1) is 6.42 Å². The largest absolute Gasteiger partial charge is 0.481 e. The molecule has 0 aromatic rings. The summed E-state index contributed by atoms with van der Waals surface area (Å²) in [5.74, 6) is -0.639. The Balaban J connectivity index is 0. The minimum Gasteiger partial charge on any atom is -0.481 e. The van der Waals surface area contributed by atoms with Crippen LogP contribution in [0.1, 0.15) is 6.42 Å². The van der Waals surface area contributed by atoms with Crippen LogP contribution in [0.5, 0.6) is 0 Å². The molecule has 2 nitrogen and oxygen atoms in total. The molecule has 0 aromatic carbocycles. The number of aliphatic carboxylic acids is 1. The molecule has 1 N–H and O–H groups in total. The Hall–Kier alpha value is 0.0500. The predicted octanol–water partition coefficient (Wildman–Crippen LogP) is 1.12. The van der Waals surface area contributed by atoms with Gasteiger partial charge in [0.2, 0.25) is 0 Å². The van der Waals surface area contributed by atoms with Crippen molar-refractivity contribution in [1.82, 2.24) is 0 Å². The highest BCUT2D eigenvalue weighted by Crippen LogP contribution is 1.80. The third-order valence-electron chi connectivity index (χ3n) is 0.308. The normalized spacial score (nSPS) is 7.00. The summed E-state index contributed by atoms with van der Waals surface area (Å²) in [7, 11) is 0. The van der Waals surface area contributed by atoms with Gasteiger partial charge in [-0.15, -0.1) is 24.0 Å². The molecule has 0 bridgehead atoms. The van der Waals surface area contributed by atoms with Crippen LogP contribution in [0.15, 0.2) is 0 Å². The molecule has 0 atom stereocenters. The Morgan fingerprint density at radius 2 is 2.14 bits per heavy atom. The molecule has 4 heteroatoms. The molecule has 0 aliphatic rings. The van der Waals surface area contributed by atoms with E-state index in [9.17, 15) is 4.79 Å². The Kier molecular flexibility index (Phi) is 8.75. The van der Waals surface area contributed by atoms with Crippen LogP contribution in [-0.4, -0.2) is 17.0 Å². The van der Waals surface area contributed by atoms with Gasteiger partial charge in [0, 0.05) is 5.88 Å². The number of alkyl halides is 1. The Morgan fingerprint density at radius 3 is 2.14 bits per heavy atom. The van der Waals surface area contributed by atoms with Gasteiger partial charge in [-0.25, -0.2) is 0 Å². The van der Waals surface area contributed by atoms with Gasteiger partial charge in [-0.3, -0.25) is 4.79 Å². The summed E-state index contributed by atoms with van der Waals surface area (Å²) in [6, 6.07) is 0. The van der Waals surface area contributed by atoms with E-state index in [2.05, 4.69) is 0 Å². The Morgan fingerprint density at radius 1 is 1.71 bits per heavy atom. The summed E-state index contributed by atoms with van der Waals surface area (Å²) >= 11 is 5.02. The van der Waals surface area contributed by atoms with Gasteiger partial charge in [-0.05, 0) is 0 Å². The van der Waals surface area contributed by atoms with Crippen LogP contribution in [-0.2, 0) is 4.79 Å². The van der Waals surface area contributed by atoms with Gasteiger partial charge in [0.1, 0.15) is 0 Å². The topological polar surface area (TPSA) is 37.3 Å². The minimum absolute atomic E-state index is 0. The molecule has 0 saturated heterocycles. The van der Waals surface area contributed by atoms with Gasteiger partial charge in [-0.1, -0.05) is 0 Å². The second kappa shape index (κ2) is 6.05. The maximum atomic E-state index is 9.51. The monoisotopic (exact) mass is 144 g/mol. The van der Waals surface area contributed by atoms with E-state index in [0.717, 1.165) is 0 Å². The molecule has 0 rings (SSSR count). The van der Waals surface area contributed by atoms with Crippen molar-refractivity contribution < 1.29 is 9.90 Å². The summed E-state index contributed by atoms with van der Waals surface area (Å²) in [6.07, 6.45) is 0.0571. The van der Waals surface area contributed by atoms with Crippen LogP contribution in [0.3, 0.4) is 0 Å². The second-order valence-electron chi connectivity index (χ2n) is 0.833. The molecule has 0 saturated carbocycles. The molecule has 0 aliphatic heterocycles. The summed E-state index contributed by atoms with van der Waals surface area (Å²) in [5, 5.41) is 7.83. The summed E-state index contributed by atoms with van der Waals surface area (Å²) in [5.41, 5.74) is 0. The quantitative estimate of drug-likeness (QED) is 0.591. The molecule has 0 amide bonds. The van der Waals surface area contributed by atoms with Crippen LogP contribution < -0.4 is 0 Å². The highest BCUT2D eigenvalue weighted by atomic mass is 35.5. The molecular formula is C3H6Cl2O2. The standard InChI is InChI=1S/C3H5ClO2.ClH/c4-2-1-3(5)6;/h1-2H2,(H,5,6);1H. The number of carbonyl (C=O) groups is 1. The van der Waals surface area contributed by atoms with E-state index < -0.39 is 5.97 Å². The lowest BCUT2D eigenvalue weighted by Gasteiger charge is -1.78. The number of halogens is 2. The lowest BCUT2D eigenvalue weighted by molar-refractivity contribution is -0.136. The van der Waals surface area contributed by atoms with Gasteiger partial charge >= 0.3 is 5.97 Å². The van der Waals surface area contributed by atoms with Gasteiger partial charge in [-0.2, -0.15) is 0 Å². The van der Waals surface area contributed by atoms with Crippen molar-refractivity contribution in [1.29, 1.82) is 0 Å².